The predicted octanol–water partition coefficient (Wildman–Crippen LogP) is 3.26. The number of likely N-dealkylation sites (tertiary alicyclic amines) is 1. The summed E-state index contributed by atoms with van der Waals surface area (Å²) in [5, 5.41) is -0.511. The third-order valence-electron chi connectivity index (χ3n) is 5.11. The fraction of sp³-hybridized carbons (Fsp3) is 0.556. The standard InChI is InChI=1S/C18H22ClNO3/c1-11-4-5-14-15(21)10-18(23-16(14)12(11)2)6-8-20(9-7-18)17(22)13(3)19/h4-5,13H,6-10H2,1-3H3. The van der Waals surface area contributed by atoms with E-state index >= 15 is 0 Å². The van der Waals surface area contributed by atoms with Crippen molar-refractivity contribution in [2.75, 3.05) is 13.1 Å². The number of piperidine rings is 1. The van der Waals surface area contributed by atoms with Gasteiger partial charge in [0, 0.05) is 25.9 Å². The molecule has 1 unspecified atom stereocenters. The van der Waals surface area contributed by atoms with Gasteiger partial charge >= 0.3 is 0 Å². The first-order chi connectivity index (χ1) is 10.8. The molecule has 4 nitrogen and oxygen atoms in total. The molecule has 1 aromatic rings. The molecule has 0 aliphatic carbocycles. The van der Waals surface area contributed by atoms with Gasteiger partial charge in [-0.15, -0.1) is 11.6 Å². The number of alkyl halides is 1. The van der Waals surface area contributed by atoms with E-state index in [0.717, 1.165) is 16.9 Å². The maximum absolute atomic E-state index is 12.6. The molecular formula is C18H22ClNO3. The van der Waals surface area contributed by atoms with Crippen molar-refractivity contribution in [3.63, 3.8) is 0 Å². The zero-order valence-corrected chi connectivity index (χ0v) is 14.6. The fourth-order valence-corrected chi connectivity index (χ4v) is 3.58. The molecule has 23 heavy (non-hydrogen) atoms. The minimum Gasteiger partial charge on any atom is -0.486 e. The van der Waals surface area contributed by atoms with Gasteiger partial charge in [-0.2, -0.15) is 0 Å². The van der Waals surface area contributed by atoms with Crippen LogP contribution in [-0.4, -0.2) is 40.7 Å². The van der Waals surface area contributed by atoms with Gasteiger partial charge in [0.25, 0.3) is 0 Å². The van der Waals surface area contributed by atoms with Crippen molar-refractivity contribution in [3.05, 3.63) is 28.8 Å². The Morgan fingerprint density at radius 3 is 2.57 bits per heavy atom. The smallest absolute Gasteiger partial charge is 0.240 e. The lowest BCUT2D eigenvalue weighted by atomic mass is 9.81. The largest absolute Gasteiger partial charge is 0.486 e. The summed E-state index contributed by atoms with van der Waals surface area (Å²) in [5.74, 6) is 0.822. The Balaban J connectivity index is 1.82. The normalized spacial score (nSPS) is 20.9. The topological polar surface area (TPSA) is 46.6 Å². The number of aryl methyl sites for hydroxylation is 1. The second kappa shape index (κ2) is 5.82. The van der Waals surface area contributed by atoms with Crippen molar-refractivity contribution in [2.45, 2.75) is 51.0 Å². The number of carbonyl (C=O) groups is 2. The molecule has 2 aliphatic rings. The highest BCUT2D eigenvalue weighted by atomic mass is 35.5. The van der Waals surface area contributed by atoms with Crippen LogP contribution in [-0.2, 0) is 4.79 Å². The number of ether oxygens (including phenoxy) is 1. The predicted molar refractivity (Wildman–Crippen MR) is 89.4 cm³/mol. The van der Waals surface area contributed by atoms with Crippen LogP contribution < -0.4 is 4.74 Å². The first kappa shape index (κ1) is 16.3. The van der Waals surface area contributed by atoms with Crippen molar-refractivity contribution >= 4 is 23.3 Å². The second-order valence-corrected chi connectivity index (χ2v) is 7.37. The van der Waals surface area contributed by atoms with Crippen LogP contribution in [0.2, 0.25) is 0 Å². The third kappa shape index (κ3) is 2.85. The van der Waals surface area contributed by atoms with Gasteiger partial charge in [0.2, 0.25) is 5.91 Å². The van der Waals surface area contributed by atoms with Crippen LogP contribution in [0.1, 0.15) is 47.7 Å². The fourth-order valence-electron chi connectivity index (χ4n) is 3.45. The monoisotopic (exact) mass is 335 g/mol. The molecule has 1 spiro atoms. The van der Waals surface area contributed by atoms with Gasteiger partial charge in [-0.1, -0.05) is 6.07 Å². The number of benzene rings is 1. The molecule has 3 rings (SSSR count). The van der Waals surface area contributed by atoms with E-state index in [4.69, 9.17) is 16.3 Å². The Kier molecular flexibility index (Phi) is 4.13. The molecular weight excluding hydrogens is 314 g/mol. The molecule has 1 fully saturated rings. The molecule has 0 bridgehead atoms. The zero-order valence-electron chi connectivity index (χ0n) is 13.8. The number of carbonyl (C=O) groups excluding carboxylic acids is 2. The van der Waals surface area contributed by atoms with E-state index in [-0.39, 0.29) is 11.7 Å². The number of hydrogen-bond donors (Lipinski definition) is 0. The Labute approximate surface area is 141 Å². The second-order valence-electron chi connectivity index (χ2n) is 6.71. The molecule has 0 aromatic heterocycles. The van der Waals surface area contributed by atoms with Gasteiger partial charge in [0.1, 0.15) is 16.7 Å². The van der Waals surface area contributed by atoms with Gasteiger partial charge in [-0.25, -0.2) is 0 Å². The van der Waals surface area contributed by atoms with Crippen LogP contribution in [0, 0.1) is 13.8 Å². The van der Waals surface area contributed by atoms with Gasteiger partial charge in [0.05, 0.1) is 12.0 Å². The summed E-state index contributed by atoms with van der Waals surface area (Å²) in [4.78, 5) is 26.4. The summed E-state index contributed by atoms with van der Waals surface area (Å²) in [6, 6.07) is 3.83. The quantitative estimate of drug-likeness (QED) is 0.740. The molecule has 1 saturated heterocycles. The summed E-state index contributed by atoms with van der Waals surface area (Å²) < 4.78 is 6.34. The SMILES string of the molecule is Cc1ccc2c(c1C)OC1(CCN(C(=O)C(C)Cl)CC1)CC2=O. The summed E-state index contributed by atoms with van der Waals surface area (Å²) in [7, 11) is 0. The zero-order chi connectivity index (χ0) is 16.8. The van der Waals surface area contributed by atoms with Crippen LogP contribution in [0.3, 0.4) is 0 Å². The maximum Gasteiger partial charge on any atom is 0.240 e. The van der Waals surface area contributed by atoms with Crippen molar-refractivity contribution in [2.24, 2.45) is 0 Å². The minimum absolute atomic E-state index is 0.0453. The Bertz CT molecular complexity index is 660. The van der Waals surface area contributed by atoms with Gasteiger partial charge in [0.15, 0.2) is 5.78 Å². The van der Waals surface area contributed by atoms with Crippen LogP contribution in [0.5, 0.6) is 5.75 Å². The molecule has 2 aliphatic heterocycles. The summed E-state index contributed by atoms with van der Waals surface area (Å²) >= 11 is 5.89. The molecule has 0 N–H and O–H groups in total. The Morgan fingerprint density at radius 1 is 1.30 bits per heavy atom. The summed E-state index contributed by atoms with van der Waals surface area (Å²) in [6.45, 7) is 6.88. The molecule has 2 heterocycles. The van der Waals surface area contributed by atoms with E-state index in [2.05, 4.69) is 0 Å². The van der Waals surface area contributed by atoms with Gasteiger partial charge < -0.3 is 9.64 Å². The van der Waals surface area contributed by atoms with E-state index in [1.54, 1.807) is 11.8 Å². The van der Waals surface area contributed by atoms with Crippen LogP contribution in [0.15, 0.2) is 12.1 Å². The highest BCUT2D eigenvalue weighted by molar-refractivity contribution is 6.30. The van der Waals surface area contributed by atoms with E-state index in [9.17, 15) is 9.59 Å². The number of nitrogens with zero attached hydrogens (tertiary/aromatic N) is 1. The van der Waals surface area contributed by atoms with E-state index < -0.39 is 11.0 Å². The number of fused-ring (bicyclic) bond motifs is 1. The average Bonchev–Trinajstić information content (AvgIpc) is 2.51. The van der Waals surface area contributed by atoms with Crippen LogP contribution >= 0.6 is 11.6 Å². The number of ketones is 1. The lowest BCUT2D eigenvalue weighted by molar-refractivity contribution is -0.134. The van der Waals surface area contributed by atoms with Gasteiger partial charge in [-0.05, 0) is 38.0 Å². The highest BCUT2D eigenvalue weighted by Crippen LogP contribution is 2.41. The number of hydrogen-bond acceptors (Lipinski definition) is 3. The summed E-state index contributed by atoms with van der Waals surface area (Å²) in [5.41, 5.74) is 2.36. The lowest BCUT2D eigenvalue weighted by Crippen LogP contribution is -2.53. The van der Waals surface area contributed by atoms with Crippen molar-refractivity contribution in [1.29, 1.82) is 0 Å². The third-order valence-corrected chi connectivity index (χ3v) is 5.29. The Morgan fingerprint density at radius 2 is 1.96 bits per heavy atom. The summed E-state index contributed by atoms with van der Waals surface area (Å²) in [6.07, 6.45) is 1.72. The molecule has 5 heteroatoms. The molecule has 1 amide bonds. The minimum atomic E-state index is -0.511. The van der Waals surface area contributed by atoms with Crippen LogP contribution in [0.4, 0.5) is 0 Å². The van der Waals surface area contributed by atoms with E-state index in [1.807, 2.05) is 26.0 Å². The maximum atomic E-state index is 12.6. The number of Topliss-reactive ketones (excluding diaryl/α,β-unsaturated/α-hetero) is 1. The van der Waals surface area contributed by atoms with E-state index in [0.29, 0.717) is 37.9 Å². The number of halogens is 1. The molecule has 124 valence electrons. The van der Waals surface area contributed by atoms with Gasteiger partial charge in [-0.3, -0.25) is 9.59 Å². The lowest BCUT2D eigenvalue weighted by Gasteiger charge is -2.44. The molecule has 0 radical (unpaired) electrons. The molecule has 1 aromatic carbocycles. The van der Waals surface area contributed by atoms with Crippen molar-refractivity contribution < 1.29 is 14.3 Å². The Hall–Kier alpha value is -1.55. The highest BCUT2D eigenvalue weighted by Gasteiger charge is 2.44. The van der Waals surface area contributed by atoms with Crippen LogP contribution in [0.25, 0.3) is 0 Å². The number of rotatable bonds is 1. The van der Waals surface area contributed by atoms with E-state index in [1.165, 1.54) is 0 Å². The van der Waals surface area contributed by atoms with Crippen molar-refractivity contribution in [3.8, 4) is 5.75 Å². The molecule has 0 saturated carbocycles. The van der Waals surface area contributed by atoms with Crippen molar-refractivity contribution in [1.82, 2.24) is 4.90 Å². The first-order valence-corrected chi connectivity index (χ1v) is 8.52. The average molecular weight is 336 g/mol. The first-order valence-electron chi connectivity index (χ1n) is 8.08. The molecule has 1 atom stereocenters. The number of amides is 1.